The van der Waals surface area contributed by atoms with Gasteiger partial charge in [0, 0.05) is 5.75 Å². The van der Waals surface area contributed by atoms with Gasteiger partial charge in [0.05, 0.1) is 11.3 Å². The number of sulfone groups is 1. The van der Waals surface area contributed by atoms with E-state index in [1.807, 2.05) is 0 Å². The molecule has 0 radical (unpaired) electrons. The third kappa shape index (κ3) is 3.43. The van der Waals surface area contributed by atoms with E-state index in [0.717, 1.165) is 19.3 Å². The van der Waals surface area contributed by atoms with Crippen LogP contribution in [0.1, 0.15) is 39.0 Å². The quantitative estimate of drug-likeness (QED) is 0.543. The van der Waals surface area contributed by atoms with Gasteiger partial charge in [-0.1, -0.05) is 26.2 Å². The van der Waals surface area contributed by atoms with Crippen LogP contribution in [0.15, 0.2) is 4.99 Å². The zero-order chi connectivity index (χ0) is 11.4. The maximum Gasteiger partial charge on any atom is 0.235 e. The molecule has 0 unspecified atom stereocenters. The number of rotatable bonds is 4. The van der Waals surface area contributed by atoms with Crippen LogP contribution in [0.2, 0.25) is 0 Å². The van der Waals surface area contributed by atoms with Crippen molar-refractivity contribution in [3.8, 4) is 0 Å². The van der Waals surface area contributed by atoms with Crippen LogP contribution >= 0.6 is 0 Å². The first-order valence-electron chi connectivity index (χ1n) is 5.33. The van der Waals surface area contributed by atoms with Gasteiger partial charge in [0.1, 0.15) is 0 Å². The van der Waals surface area contributed by atoms with Gasteiger partial charge in [-0.3, -0.25) is 0 Å². The van der Waals surface area contributed by atoms with E-state index in [4.69, 9.17) is 0 Å². The summed E-state index contributed by atoms with van der Waals surface area (Å²) in [7, 11) is -3.07. The summed E-state index contributed by atoms with van der Waals surface area (Å²) in [5.41, 5.74) is -0.672. The van der Waals surface area contributed by atoms with Gasteiger partial charge in [-0.25, -0.2) is 13.2 Å². The van der Waals surface area contributed by atoms with Gasteiger partial charge in [-0.15, -0.1) is 0 Å². The highest BCUT2D eigenvalue weighted by molar-refractivity contribution is 7.91. The second-order valence-electron chi connectivity index (χ2n) is 4.16. The van der Waals surface area contributed by atoms with Crippen LogP contribution in [-0.4, -0.2) is 31.5 Å². The normalized spacial score (nSPS) is 20.6. The predicted molar refractivity (Wildman–Crippen MR) is 58.3 cm³/mol. The molecule has 5 heteroatoms. The van der Waals surface area contributed by atoms with Crippen LogP contribution < -0.4 is 0 Å². The summed E-state index contributed by atoms with van der Waals surface area (Å²) >= 11 is 0. The topological polar surface area (TPSA) is 63.6 Å². The number of aliphatic imine (C=N–C) groups is 1. The van der Waals surface area contributed by atoms with Crippen molar-refractivity contribution in [3.63, 3.8) is 0 Å². The number of isocyanates is 1. The maximum absolute atomic E-state index is 11.6. The monoisotopic (exact) mass is 231 g/mol. The molecular formula is C10H17NO3S. The largest absolute Gasteiger partial charge is 0.235 e. The molecule has 0 aromatic carbocycles. The third-order valence-electron chi connectivity index (χ3n) is 3.00. The number of nitrogens with zero attached hydrogens (tertiary/aromatic N) is 1. The summed E-state index contributed by atoms with van der Waals surface area (Å²) in [5, 5.41) is 0. The molecule has 0 N–H and O–H groups in total. The molecule has 0 saturated heterocycles. The minimum atomic E-state index is -3.07. The van der Waals surface area contributed by atoms with Crippen LogP contribution in [0.25, 0.3) is 0 Å². The molecule has 1 aliphatic carbocycles. The van der Waals surface area contributed by atoms with Gasteiger partial charge in [0.2, 0.25) is 6.08 Å². The summed E-state index contributed by atoms with van der Waals surface area (Å²) in [6.07, 6.45) is 5.92. The molecule has 4 nitrogen and oxygen atoms in total. The average molecular weight is 231 g/mol. The Hall–Kier alpha value is -0.670. The summed E-state index contributed by atoms with van der Waals surface area (Å²) < 4.78 is 23.1. The summed E-state index contributed by atoms with van der Waals surface area (Å²) in [6, 6.07) is 0. The lowest BCUT2D eigenvalue weighted by Crippen LogP contribution is -2.38. The molecule has 86 valence electrons. The van der Waals surface area contributed by atoms with Crippen LogP contribution in [0.5, 0.6) is 0 Å². The Bertz CT molecular complexity index is 349. The van der Waals surface area contributed by atoms with E-state index in [9.17, 15) is 13.2 Å². The van der Waals surface area contributed by atoms with Crippen molar-refractivity contribution in [3.05, 3.63) is 0 Å². The molecule has 0 amide bonds. The predicted octanol–water partition coefficient (Wildman–Crippen LogP) is 1.46. The van der Waals surface area contributed by atoms with Crippen molar-refractivity contribution in [2.75, 3.05) is 11.5 Å². The number of hydrogen-bond donors (Lipinski definition) is 0. The van der Waals surface area contributed by atoms with Gasteiger partial charge in [-0.2, -0.15) is 4.99 Å². The molecule has 0 bridgehead atoms. The van der Waals surface area contributed by atoms with Crippen molar-refractivity contribution in [1.29, 1.82) is 0 Å². The molecule has 0 spiro atoms. The van der Waals surface area contributed by atoms with E-state index < -0.39 is 15.4 Å². The van der Waals surface area contributed by atoms with E-state index in [-0.39, 0.29) is 11.5 Å². The van der Waals surface area contributed by atoms with Gasteiger partial charge in [0.15, 0.2) is 9.84 Å². The minimum absolute atomic E-state index is 0.00569. The summed E-state index contributed by atoms with van der Waals surface area (Å²) in [5.74, 6) is 0.120. The fraction of sp³-hybridized carbons (Fsp3) is 0.900. The van der Waals surface area contributed by atoms with Gasteiger partial charge >= 0.3 is 0 Å². The molecular weight excluding hydrogens is 214 g/mol. The minimum Gasteiger partial charge on any atom is -0.229 e. The van der Waals surface area contributed by atoms with E-state index in [1.165, 1.54) is 6.08 Å². The Morgan fingerprint density at radius 2 is 1.87 bits per heavy atom. The summed E-state index contributed by atoms with van der Waals surface area (Å²) in [4.78, 5) is 14.1. The highest BCUT2D eigenvalue weighted by Crippen LogP contribution is 2.32. The molecule has 0 heterocycles. The Labute approximate surface area is 90.7 Å². The van der Waals surface area contributed by atoms with Crippen molar-refractivity contribution in [1.82, 2.24) is 0 Å². The van der Waals surface area contributed by atoms with Gasteiger partial charge in [0.25, 0.3) is 0 Å². The smallest absolute Gasteiger partial charge is 0.229 e. The molecule has 15 heavy (non-hydrogen) atoms. The van der Waals surface area contributed by atoms with Crippen LogP contribution in [0, 0.1) is 0 Å². The van der Waals surface area contributed by atoms with Gasteiger partial charge < -0.3 is 0 Å². The third-order valence-corrected chi connectivity index (χ3v) is 4.85. The summed E-state index contributed by atoms with van der Waals surface area (Å²) in [6.45, 7) is 1.62. The van der Waals surface area contributed by atoms with Crippen molar-refractivity contribution >= 4 is 15.9 Å². The van der Waals surface area contributed by atoms with E-state index in [1.54, 1.807) is 6.92 Å². The molecule has 0 atom stereocenters. The Balaban J connectivity index is 2.86. The molecule has 1 fully saturated rings. The lowest BCUT2D eigenvalue weighted by atomic mass is 9.84. The zero-order valence-electron chi connectivity index (χ0n) is 9.03. The lowest BCUT2D eigenvalue weighted by Gasteiger charge is -2.31. The fourth-order valence-corrected chi connectivity index (χ4v) is 3.48. The zero-order valence-corrected chi connectivity index (χ0v) is 9.85. The van der Waals surface area contributed by atoms with Crippen LogP contribution in [-0.2, 0) is 14.6 Å². The number of carbonyl (C=O) groups excluding carboxylic acids is 1. The second-order valence-corrected chi connectivity index (χ2v) is 6.52. The molecule has 0 aromatic heterocycles. The Morgan fingerprint density at radius 3 is 2.33 bits per heavy atom. The first-order chi connectivity index (χ1) is 7.04. The van der Waals surface area contributed by atoms with Crippen molar-refractivity contribution in [2.24, 2.45) is 4.99 Å². The van der Waals surface area contributed by atoms with Gasteiger partial charge in [-0.05, 0) is 12.8 Å². The second kappa shape index (κ2) is 4.90. The first kappa shape index (κ1) is 12.4. The average Bonchev–Trinajstić information content (AvgIpc) is 2.18. The van der Waals surface area contributed by atoms with E-state index >= 15 is 0 Å². The molecule has 1 aliphatic rings. The highest BCUT2D eigenvalue weighted by Gasteiger charge is 2.36. The highest BCUT2D eigenvalue weighted by atomic mass is 32.2. The first-order valence-corrected chi connectivity index (χ1v) is 7.15. The standard InChI is InChI=1S/C10H17NO3S/c1-2-15(13,14)8-10(11-9-12)6-4-3-5-7-10/h2-8H2,1H3. The molecule has 0 aliphatic heterocycles. The van der Waals surface area contributed by atoms with Crippen molar-refractivity contribution < 1.29 is 13.2 Å². The fourth-order valence-electron chi connectivity index (χ4n) is 2.11. The van der Waals surface area contributed by atoms with E-state index in [2.05, 4.69) is 4.99 Å². The Morgan fingerprint density at radius 1 is 1.27 bits per heavy atom. The SMILES string of the molecule is CCS(=O)(=O)CC1(N=C=O)CCCCC1. The molecule has 0 aromatic rings. The van der Waals surface area contributed by atoms with Crippen molar-refractivity contribution in [2.45, 2.75) is 44.6 Å². The van der Waals surface area contributed by atoms with Crippen LogP contribution in [0.3, 0.4) is 0 Å². The van der Waals surface area contributed by atoms with E-state index in [0.29, 0.717) is 12.8 Å². The number of hydrogen-bond acceptors (Lipinski definition) is 4. The lowest BCUT2D eigenvalue weighted by molar-refractivity contribution is 0.325. The molecule has 1 saturated carbocycles. The Kier molecular flexibility index (Phi) is 4.05. The maximum atomic E-state index is 11.6. The van der Waals surface area contributed by atoms with Crippen LogP contribution in [0.4, 0.5) is 0 Å². The molecule has 1 rings (SSSR count).